The number of hydrogen-bond donors (Lipinski definition) is 2. The number of carboxylic acids is 1. The van der Waals surface area contributed by atoms with Gasteiger partial charge < -0.3 is 10.8 Å². The molecule has 0 radical (unpaired) electrons. The number of nitrogens with two attached hydrogens (primary N) is 1. The Kier molecular flexibility index (Phi) is 3.06. The minimum Gasteiger partial charge on any atom is -0.478 e. The van der Waals surface area contributed by atoms with Gasteiger partial charge >= 0.3 is 5.97 Å². The summed E-state index contributed by atoms with van der Waals surface area (Å²) in [5, 5.41) is 13.6. The summed E-state index contributed by atoms with van der Waals surface area (Å²) in [4.78, 5) is 11.1. The summed E-state index contributed by atoms with van der Waals surface area (Å²) in [6.07, 6.45) is 2.95. The fourth-order valence-corrected chi connectivity index (χ4v) is 2.93. The molecule has 0 amide bonds. The van der Waals surface area contributed by atoms with Crippen LogP contribution in [-0.4, -0.2) is 20.9 Å². The van der Waals surface area contributed by atoms with Crippen LogP contribution in [0.4, 0.5) is 0 Å². The van der Waals surface area contributed by atoms with Gasteiger partial charge in [0.25, 0.3) is 0 Å². The maximum atomic E-state index is 11.1. The lowest BCUT2D eigenvalue weighted by atomic mass is 9.91. The van der Waals surface area contributed by atoms with Gasteiger partial charge in [-0.25, -0.2) is 9.48 Å². The van der Waals surface area contributed by atoms with E-state index in [2.05, 4.69) is 5.10 Å². The first-order chi connectivity index (χ1) is 9.58. The normalized spacial score (nSPS) is 17.8. The predicted octanol–water partition coefficient (Wildman–Crippen LogP) is 2.22. The molecule has 20 heavy (non-hydrogen) atoms. The Labute approximate surface area is 117 Å². The summed E-state index contributed by atoms with van der Waals surface area (Å²) in [5.74, 6) is -0.929. The van der Waals surface area contributed by atoms with Crippen LogP contribution in [0.2, 0.25) is 0 Å². The van der Waals surface area contributed by atoms with E-state index < -0.39 is 5.97 Å². The van der Waals surface area contributed by atoms with Gasteiger partial charge in [-0.1, -0.05) is 6.07 Å². The summed E-state index contributed by atoms with van der Waals surface area (Å²) in [6.45, 7) is 1.96. The molecule has 1 unspecified atom stereocenters. The van der Waals surface area contributed by atoms with E-state index in [1.165, 1.54) is 0 Å². The minimum absolute atomic E-state index is 0.0372. The quantitative estimate of drug-likeness (QED) is 0.877. The largest absolute Gasteiger partial charge is 0.478 e. The Balaban J connectivity index is 2.14. The summed E-state index contributed by atoms with van der Waals surface area (Å²) in [5.41, 5.74) is 10.4. The molecule has 0 spiro atoms. The first-order valence-electron chi connectivity index (χ1n) is 6.75. The van der Waals surface area contributed by atoms with E-state index in [1.54, 1.807) is 18.2 Å². The first-order valence-corrected chi connectivity index (χ1v) is 6.75. The molecule has 5 nitrogen and oxygen atoms in total. The fourth-order valence-electron chi connectivity index (χ4n) is 2.93. The molecule has 1 aromatic heterocycles. The van der Waals surface area contributed by atoms with E-state index in [1.807, 2.05) is 17.7 Å². The highest BCUT2D eigenvalue weighted by molar-refractivity contribution is 5.88. The Hall–Kier alpha value is -2.14. The SMILES string of the molecule is Cc1nn(-c2cccc(C(=O)O)c2)c2c1C(N)CCC2. The number of aromatic carboxylic acids is 1. The van der Waals surface area contributed by atoms with Gasteiger partial charge in [-0.2, -0.15) is 5.10 Å². The number of nitrogens with zero attached hydrogens (tertiary/aromatic N) is 2. The molecule has 0 bridgehead atoms. The molecule has 1 atom stereocenters. The van der Waals surface area contributed by atoms with E-state index >= 15 is 0 Å². The van der Waals surface area contributed by atoms with Gasteiger partial charge in [0.1, 0.15) is 0 Å². The lowest BCUT2D eigenvalue weighted by Crippen LogP contribution is -2.18. The van der Waals surface area contributed by atoms with Gasteiger partial charge in [0.15, 0.2) is 0 Å². The summed E-state index contributed by atoms with van der Waals surface area (Å²) in [6, 6.07) is 6.88. The van der Waals surface area contributed by atoms with Crippen LogP contribution in [0.15, 0.2) is 24.3 Å². The average Bonchev–Trinajstić information content (AvgIpc) is 2.78. The highest BCUT2D eigenvalue weighted by Crippen LogP contribution is 2.32. The highest BCUT2D eigenvalue weighted by Gasteiger charge is 2.25. The molecule has 1 heterocycles. The molecule has 104 valence electrons. The van der Waals surface area contributed by atoms with E-state index in [9.17, 15) is 4.79 Å². The molecule has 2 aromatic rings. The topological polar surface area (TPSA) is 81.1 Å². The van der Waals surface area contributed by atoms with Crippen molar-refractivity contribution in [3.63, 3.8) is 0 Å². The van der Waals surface area contributed by atoms with Crippen molar-refractivity contribution in [1.82, 2.24) is 9.78 Å². The molecule has 1 aliphatic carbocycles. The number of hydrogen-bond acceptors (Lipinski definition) is 3. The third-order valence-corrected chi connectivity index (χ3v) is 3.84. The Bertz CT molecular complexity index is 676. The van der Waals surface area contributed by atoms with Crippen LogP contribution in [0.25, 0.3) is 5.69 Å². The van der Waals surface area contributed by atoms with Crippen LogP contribution in [0.5, 0.6) is 0 Å². The maximum absolute atomic E-state index is 11.1. The molecule has 0 aliphatic heterocycles. The lowest BCUT2D eigenvalue weighted by Gasteiger charge is -2.20. The van der Waals surface area contributed by atoms with Crippen LogP contribution in [0.3, 0.4) is 0 Å². The molecule has 1 aliphatic rings. The monoisotopic (exact) mass is 271 g/mol. The molecular formula is C15H17N3O2. The van der Waals surface area contributed by atoms with Gasteiger partial charge in [0.05, 0.1) is 16.9 Å². The van der Waals surface area contributed by atoms with Crippen molar-refractivity contribution >= 4 is 5.97 Å². The van der Waals surface area contributed by atoms with E-state index in [0.717, 1.165) is 41.9 Å². The molecule has 3 rings (SSSR count). The molecule has 0 saturated heterocycles. The number of rotatable bonds is 2. The molecule has 0 saturated carbocycles. The van der Waals surface area contributed by atoms with E-state index in [0.29, 0.717) is 0 Å². The van der Waals surface area contributed by atoms with Crippen molar-refractivity contribution in [2.24, 2.45) is 5.73 Å². The van der Waals surface area contributed by atoms with Crippen molar-refractivity contribution in [2.45, 2.75) is 32.2 Å². The third-order valence-electron chi connectivity index (χ3n) is 3.84. The number of aromatic nitrogens is 2. The summed E-state index contributed by atoms with van der Waals surface area (Å²) >= 11 is 0. The number of fused-ring (bicyclic) bond motifs is 1. The van der Waals surface area contributed by atoms with E-state index in [-0.39, 0.29) is 11.6 Å². The van der Waals surface area contributed by atoms with Gasteiger partial charge in [0, 0.05) is 17.3 Å². The van der Waals surface area contributed by atoms with Crippen molar-refractivity contribution < 1.29 is 9.90 Å². The van der Waals surface area contributed by atoms with Crippen molar-refractivity contribution in [2.75, 3.05) is 0 Å². The van der Waals surface area contributed by atoms with Gasteiger partial charge in [-0.15, -0.1) is 0 Å². The first kappa shape index (κ1) is 12.9. The summed E-state index contributed by atoms with van der Waals surface area (Å²) in [7, 11) is 0. The van der Waals surface area contributed by atoms with E-state index in [4.69, 9.17) is 10.8 Å². The fraction of sp³-hybridized carbons (Fsp3) is 0.333. The molecular weight excluding hydrogens is 254 g/mol. The zero-order chi connectivity index (χ0) is 14.3. The van der Waals surface area contributed by atoms with Gasteiger partial charge in [-0.05, 0) is 44.4 Å². The Morgan fingerprint density at radius 2 is 2.30 bits per heavy atom. The zero-order valence-electron chi connectivity index (χ0n) is 11.3. The smallest absolute Gasteiger partial charge is 0.335 e. The lowest BCUT2D eigenvalue weighted by molar-refractivity contribution is 0.0697. The van der Waals surface area contributed by atoms with Gasteiger partial charge in [0.2, 0.25) is 0 Å². The summed E-state index contributed by atoms with van der Waals surface area (Å²) < 4.78 is 1.84. The highest BCUT2D eigenvalue weighted by atomic mass is 16.4. The van der Waals surface area contributed by atoms with Crippen LogP contribution in [-0.2, 0) is 6.42 Å². The Morgan fingerprint density at radius 1 is 1.50 bits per heavy atom. The molecule has 0 fully saturated rings. The third kappa shape index (κ3) is 2.00. The average molecular weight is 271 g/mol. The molecule has 5 heteroatoms. The van der Waals surface area contributed by atoms with Crippen LogP contribution >= 0.6 is 0 Å². The second-order valence-corrected chi connectivity index (χ2v) is 5.21. The number of carboxylic acid groups (broad SMARTS) is 1. The number of carbonyl (C=O) groups is 1. The Morgan fingerprint density at radius 3 is 3.05 bits per heavy atom. The maximum Gasteiger partial charge on any atom is 0.335 e. The second-order valence-electron chi connectivity index (χ2n) is 5.21. The standard InChI is InChI=1S/C15H17N3O2/c1-9-14-12(16)6-3-7-13(14)18(17-9)11-5-2-4-10(8-11)15(19)20/h2,4-5,8,12H,3,6-7,16H2,1H3,(H,19,20). The second kappa shape index (κ2) is 4.76. The minimum atomic E-state index is -0.929. The number of aryl methyl sites for hydroxylation is 1. The molecule has 3 N–H and O–H groups in total. The number of benzene rings is 1. The van der Waals surface area contributed by atoms with Crippen LogP contribution in [0, 0.1) is 6.92 Å². The van der Waals surface area contributed by atoms with Crippen molar-refractivity contribution in [3.05, 3.63) is 46.8 Å². The van der Waals surface area contributed by atoms with Crippen LogP contribution < -0.4 is 5.73 Å². The predicted molar refractivity (Wildman–Crippen MR) is 75.1 cm³/mol. The van der Waals surface area contributed by atoms with Crippen molar-refractivity contribution in [1.29, 1.82) is 0 Å². The molecule has 1 aromatic carbocycles. The van der Waals surface area contributed by atoms with Gasteiger partial charge in [-0.3, -0.25) is 0 Å². The zero-order valence-corrected chi connectivity index (χ0v) is 11.3. The van der Waals surface area contributed by atoms with Crippen molar-refractivity contribution in [3.8, 4) is 5.69 Å². The van der Waals surface area contributed by atoms with Crippen LogP contribution in [0.1, 0.15) is 46.2 Å².